The van der Waals surface area contributed by atoms with E-state index in [0.717, 1.165) is 41.4 Å². The first-order valence-corrected chi connectivity index (χ1v) is 8.75. The van der Waals surface area contributed by atoms with Gasteiger partial charge in [0.15, 0.2) is 0 Å². The van der Waals surface area contributed by atoms with Gasteiger partial charge in [0.25, 0.3) is 5.56 Å². The number of pyridine rings is 1. The summed E-state index contributed by atoms with van der Waals surface area (Å²) in [5.74, 6) is -0.366. The van der Waals surface area contributed by atoms with Crippen LogP contribution in [-0.2, 0) is 17.9 Å². The molecule has 0 saturated carbocycles. The summed E-state index contributed by atoms with van der Waals surface area (Å²) in [5, 5.41) is 1.06. The number of aryl methyl sites for hydroxylation is 1. The van der Waals surface area contributed by atoms with Crippen LogP contribution in [0.2, 0.25) is 0 Å². The van der Waals surface area contributed by atoms with Crippen molar-refractivity contribution in [3.63, 3.8) is 0 Å². The van der Waals surface area contributed by atoms with Crippen molar-refractivity contribution in [3.05, 3.63) is 58.4 Å². The molecule has 1 amide bonds. The SMILES string of the molecule is C=CCn1c(=O)c(CN2CCCC(C(N)=O)C2)cc2cc(C)ccc21. The van der Waals surface area contributed by atoms with Gasteiger partial charge in [0.1, 0.15) is 0 Å². The van der Waals surface area contributed by atoms with Crippen molar-refractivity contribution in [2.24, 2.45) is 11.7 Å². The minimum atomic E-state index is -0.247. The summed E-state index contributed by atoms with van der Waals surface area (Å²) in [7, 11) is 0. The van der Waals surface area contributed by atoms with Gasteiger partial charge in [-0.05, 0) is 49.9 Å². The monoisotopic (exact) mass is 339 g/mol. The first-order valence-electron chi connectivity index (χ1n) is 8.75. The summed E-state index contributed by atoms with van der Waals surface area (Å²) in [5.41, 5.74) is 8.32. The van der Waals surface area contributed by atoms with Crippen LogP contribution in [0.5, 0.6) is 0 Å². The molecular weight excluding hydrogens is 314 g/mol. The molecule has 1 aliphatic heterocycles. The fraction of sp³-hybridized carbons (Fsp3) is 0.400. The molecule has 2 aromatic rings. The van der Waals surface area contributed by atoms with E-state index < -0.39 is 0 Å². The third-order valence-electron chi connectivity index (χ3n) is 4.94. The maximum Gasteiger partial charge on any atom is 0.255 e. The molecule has 3 rings (SSSR count). The first kappa shape index (κ1) is 17.4. The Morgan fingerprint density at radius 3 is 2.92 bits per heavy atom. The van der Waals surface area contributed by atoms with Gasteiger partial charge in [-0.3, -0.25) is 14.5 Å². The molecular formula is C20H25N3O2. The Kier molecular flexibility index (Phi) is 5.04. The molecule has 1 aliphatic rings. The highest BCUT2D eigenvalue weighted by molar-refractivity contribution is 5.80. The fourth-order valence-electron chi connectivity index (χ4n) is 3.66. The lowest BCUT2D eigenvalue weighted by molar-refractivity contribution is -0.123. The van der Waals surface area contributed by atoms with Crippen LogP contribution in [0.4, 0.5) is 0 Å². The number of benzene rings is 1. The number of piperidine rings is 1. The normalized spacial score (nSPS) is 18.4. The highest BCUT2D eigenvalue weighted by Gasteiger charge is 2.24. The van der Waals surface area contributed by atoms with Crippen LogP contribution in [0, 0.1) is 12.8 Å². The second kappa shape index (κ2) is 7.23. The van der Waals surface area contributed by atoms with Crippen molar-refractivity contribution >= 4 is 16.8 Å². The molecule has 1 aromatic carbocycles. The van der Waals surface area contributed by atoms with E-state index in [0.29, 0.717) is 19.6 Å². The molecule has 5 nitrogen and oxygen atoms in total. The minimum Gasteiger partial charge on any atom is -0.369 e. The number of hydrogen-bond acceptors (Lipinski definition) is 3. The van der Waals surface area contributed by atoms with E-state index in [9.17, 15) is 9.59 Å². The molecule has 0 radical (unpaired) electrons. The van der Waals surface area contributed by atoms with Crippen molar-refractivity contribution in [2.45, 2.75) is 32.9 Å². The smallest absolute Gasteiger partial charge is 0.255 e. The number of carbonyl (C=O) groups is 1. The Hall–Kier alpha value is -2.40. The molecule has 132 valence electrons. The second-order valence-electron chi connectivity index (χ2n) is 6.91. The molecule has 0 aliphatic carbocycles. The number of aromatic nitrogens is 1. The van der Waals surface area contributed by atoms with Gasteiger partial charge < -0.3 is 10.3 Å². The maximum absolute atomic E-state index is 12.9. The van der Waals surface area contributed by atoms with E-state index in [-0.39, 0.29) is 17.4 Å². The van der Waals surface area contributed by atoms with Crippen LogP contribution >= 0.6 is 0 Å². The topological polar surface area (TPSA) is 68.3 Å². The van der Waals surface area contributed by atoms with Gasteiger partial charge in [-0.25, -0.2) is 0 Å². The van der Waals surface area contributed by atoms with Gasteiger partial charge in [-0.1, -0.05) is 17.7 Å². The van der Waals surface area contributed by atoms with Gasteiger partial charge >= 0.3 is 0 Å². The predicted octanol–water partition coefficient (Wildman–Crippen LogP) is 2.19. The number of hydrogen-bond donors (Lipinski definition) is 1. The van der Waals surface area contributed by atoms with E-state index in [1.165, 1.54) is 0 Å². The summed E-state index contributed by atoms with van der Waals surface area (Å²) in [6.45, 7) is 8.36. The second-order valence-corrected chi connectivity index (χ2v) is 6.91. The molecule has 1 fully saturated rings. The number of primary amides is 1. The molecule has 2 N–H and O–H groups in total. The van der Waals surface area contributed by atoms with Crippen molar-refractivity contribution < 1.29 is 4.79 Å². The standard InChI is InChI=1S/C20H25N3O2/c1-3-8-23-18-7-6-14(2)10-16(18)11-17(20(23)25)13-22-9-4-5-15(12-22)19(21)24/h3,6-7,10-11,15H,1,4-5,8-9,12-13H2,2H3,(H2,21,24). The van der Waals surface area contributed by atoms with E-state index in [4.69, 9.17) is 5.73 Å². The summed E-state index contributed by atoms with van der Waals surface area (Å²) < 4.78 is 1.77. The van der Waals surface area contributed by atoms with E-state index in [2.05, 4.69) is 17.5 Å². The van der Waals surface area contributed by atoms with Crippen molar-refractivity contribution in [1.82, 2.24) is 9.47 Å². The Bertz CT molecular complexity index is 869. The molecule has 1 atom stereocenters. The zero-order valence-electron chi connectivity index (χ0n) is 14.7. The molecule has 25 heavy (non-hydrogen) atoms. The number of fused-ring (bicyclic) bond motifs is 1. The molecule has 1 unspecified atom stereocenters. The van der Waals surface area contributed by atoms with Gasteiger partial charge in [0, 0.05) is 25.2 Å². The summed E-state index contributed by atoms with van der Waals surface area (Å²) in [4.78, 5) is 26.6. The first-order chi connectivity index (χ1) is 12.0. The largest absolute Gasteiger partial charge is 0.369 e. The number of carbonyl (C=O) groups excluding carboxylic acids is 1. The van der Waals surface area contributed by atoms with E-state index in [1.807, 2.05) is 25.1 Å². The molecule has 2 heterocycles. The van der Waals surface area contributed by atoms with Crippen LogP contribution in [0.3, 0.4) is 0 Å². The number of nitrogens with two attached hydrogens (primary N) is 1. The molecule has 5 heteroatoms. The van der Waals surface area contributed by atoms with Gasteiger partial charge in [0.2, 0.25) is 5.91 Å². The number of amides is 1. The highest BCUT2D eigenvalue weighted by Crippen LogP contribution is 2.20. The van der Waals surface area contributed by atoms with E-state index >= 15 is 0 Å². The van der Waals surface area contributed by atoms with Crippen molar-refractivity contribution in [2.75, 3.05) is 13.1 Å². The Labute approximate surface area is 147 Å². The average Bonchev–Trinajstić information content (AvgIpc) is 2.58. The zero-order valence-corrected chi connectivity index (χ0v) is 14.7. The third-order valence-corrected chi connectivity index (χ3v) is 4.94. The minimum absolute atomic E-state index is 0.0115. The molecule has 1 aromatic heterocycles. The molecule has 1 saturated heterocycles. The number of likely N-dealkylation sites (tertiary alicyclic amines) is 1. The Morgan fingerprint density at radius 2 is 2.20 bits per heavy atom. The van der Waals surface area contributed by atoms with Crippen LogP contribution in [0.25, 0.3) is 10.9 Å². The summed E-state index contributed by atoms with van der Waals surface area (Å²) in [6.07, 6.45) is 3.51. The van der Waals surface area contributed by atoms with Crippen LogP contribution < -0.4 is 11.3 Å². The Morgan fingerprint density at radius 1 is 1.40 bits per heavy atom. The predicted molar refractivity (Wildman–Crippen MR) is 100 cm³/mol. The number of nitrogens with zero attached hydrogens (tertiary/aromatic N) is 2. The lowest BCUT2D eigenvalue weighted by Gasteiger charge is -2.31. The lowest BCUT2D eigenvalue weighted by Crippen LogP contribution is -2.41. The van der Waals surface area contributed by atoms with Gasteiger partial charge in [-0.15, -0.1) is 6.58 Å². The van der Waals surface area contributed by atoms with Crippen LogP contribution in [0.1, 0.15) is 24.0 Å². The van der Waals surface area contributed by atoms with Crippen LogP contribution in [0.15, 0.2) is 41.7 Å². The molecule has 0 spiro atoms. The Balaban J connectivity index is 1.98. The summed E-state index contributed by atoms with van der Waals surface area (Å²) >= 11 is 0. The average molecular weight is 339 g/mol. The number of allylic oxidation sites excluding steroid dienone is 1. The van der Waals surface area contributed by atoms with Crippen LogP contribution in [-0.4, -0.2) is 28.5 Å². The van der Waals surface area contributed by atoms with Crippen molar-refractivity contribution in [1.29, 1.82) is 0 Å². The summed E-state index contributed by atoms with van der Waals surface area (Å²) in [6, 6.07) is 8.09. The van der Waals surface area contributed by atoms with Gasteiger partial charge in [0.05, 0.1) is 11.4 Å². The fourth-order valence-corrected chi connectivity index (χ4v) is 3.66. The van der Waals surface area contributed by atoms with Crippen molar-refractivity contribution in [3.8, 4) is 0 Å². The third kappa shape index (κ3) is 3.66. The van der Waals surface area contributed by atoms with E-state index in [1.54, 1.807) is 10.6 Å². The quantitative estimate of drug-likeness (QED) is 0.849. The highest BCUT2D eigenvalue weighted by atomic mass is 16.1. The molecule has 0 bridgehead atoms. The maximum atomic E-state index is 12.9. The number of rotatable bonds is 5. The lowest BCUT2D eigenvalue weighted by atomic mass is 9.97. The van der Waals surface area contributed by atoms with Gasteiger partial charge in [-0.2, -0.15) is 0 Å². The zero-order chi connectivity index (χ0) is 18.0.